The third kappa shape index (κ3) is 3.98. The second-order valence-electron chi connectivity index (χ2n) is 3.94. The minimum atomic E-state index is -4.34. The van der Waals surface area contributed by atoms with Gasteiger partial charge in [0.15, 0.2) is 0 Å². The van der Waals surface area contributed by atoms with Gasteiger partial charge in [0.05, 0.1) is 5.56 Å². The number of halogens is 4. The molecule has 0 radical (unpaired) electrons. The van der Waals surface area contributed by atoms with Crippen molar-refractivity contribution in [1.29, 1.82) is 0 Å². The van der Waals surface area contributed by atoms with E-state index >= 15 is 0 Å². The van der Waals surface area contributed by atoms with Crippen LogP contribution in [0.5, 0.6) is 0 Å². The predicted molar refractivity (Wildman–Crippen MR) is 75.7 cm³/mol. The second kappa shape index (κ2) is 5.96. The molecule has 0 aliphatic rings. The van der Waals surface area contributed by atoms with E-state index in [1.807, 2.05) is 17.5 Å². The molecule has 0 atom stereocenters. The molecule has 102 valence electrons. The molecule has 1 N–H and O–H groups in total. The van der Waals surface area contributed by atoms with E-state index in [0.29, 0.717) is 17.4 Å². The first-order valence-corrected chi connectivity index (χ1v) is 7.27. The molecule has 19 heavy (non-hydrogen) atoms. The fraction of sp³-hybridized carbons (Fsp3) is 0.231. The maximum absolute atomic E-state index is 12.8. The summed E-state index contributed by atoms with van der Waals surface area (Å²) < 4.78 is 39.1. The van der Waals surface area contributed by atoms with E-state index in [2.05, 4.69) is 21.2 Å². The maximum atomic E-state index is 12.8. The van der Waals surface area contributed by atoms with Crippen LogP contribution in [-0.2, 0) is 12.6 Å². The highest BCUT2D eigenvalue weighted by atomic mass is 79.9. The lowest BCUT2D eigenvalue weighted by Crippen LogP contribution is -2.12. The number of rotatable bonds is 4. The fourth-order valence-corrected chi connectivity index (χ4v) is 2.76. The van der Waals surface area contributed by atoms with Gasteiger partial charge >= 0.3 is 6.18 Å². The Morgan fingerprint density at radius 2 is 2.00 bits per heavy atom. The third-order valence-electron chi connectivity index (χ3n) is 2.55. The Kier molecular flexibility index (Phi) is 4.52. The first-order valence-electron chi connectivity index (χ1n) is 5.60. The summed E-state index contributed by atoms with van der Waals surface area (Å²) >= 11 is 4.79. The van der Waals surface area contributed by atoms with E-state index in [1.165, 1.54) is 12.1 Å². The molecular formula is C13H11BrF3NS. The lowest BCUT2D eigenvalue weighted by Gasteiger charge is -2.14. The minimum Gasteiger partial charge on any atom is -0.384 e. The summed E-state index contributed by atoms with van der Waals surface area (Å²) in [6.07, 6.45) is -3.63. The standard InChI is InChI=1S/C13H11BrF3NS/c14-9-3-4-11(13(15,16)17)12(8-9)18-6-5-10-2-1-7-19-10/h1-4,7-8,18H,5-6H2. The van der Waals surface area contributed by atoms with Gasteiger partial charge < -0.3 is 5.32 Å². The van der Waals surface area contributed by atoms with E-state index < -0.39 is 11.7 Å². The van der Waals surface area contributed by atoms with Gasteiger partial charge in [0, 0.05) is 21.6 Å². The van der Waals surface area contributed by atoms with Gasteiger partial charge in [-0.25, -0.2) is 0 Å². The largest absolute Gasteiger partial charge is 0.418 e. The number of thiophene rings is 1. The van der Waals surface area contributed by atoms with E-state index in [4.69, 9.17) is 0 Å². The lowest BCUT2D eigenvalue weighted by atomic mass is 10.1. The smallest absolute Gasteiger partial charge is 0.384 e. The third-order valence-corrected chi connectivity index (χ3v) is 3.98. The van der Waals surface area contributed by atoms with Crippen molar-refractivity contribution < 1.29 is 13.2 Å². The van der Waals surface area contributed by atoms with Gasteiger partial charge in [-0.1, -0.05) is 22.0 Å². The predicted octanol–water partition coefficient (Wildman–Crippen LogP) is 5.18. The van der Waals surface area contributed by atoms with Crippen LogP contribution in [0.2, 0.25) is 0 Å². The van der Waals surface area contributed by atoms with E-state index in [1.54, 1.807) is 11.3 Å². The molecular weight excluding hydrogens is 339 g/mol. The first kappa shape index (κ1) is 14.4. The summed E-state index contributed by atoms with van der Waals surface area (Å²) in [4.78, 5) is 1.15. The lowest BCUT2D eigenvalue weighted by molar-refractivity contribution is -0.136. The second-order valence-corrected chi connectivity index (χ2v) is 5.89. The van der Waals surface area contributed by atoms with Crippen LogP contribution < -0.4 is 5.32 Å². The van der Waals surface area contributed by atoms with E-state index in [0.717, 1.165) is 10.9 Å². The summed E-state index contributed by atoms with van der Waals surface area (Å²) in [7, 11) is 0. The molecule has 1 aromatic carbocycles. The number of nitrogens with one attached hydrogen (secondary N) is 1. The maximum Gasteiger partial charge on any atom is 0.418 e. The normalized spacial score (nSPS) is 11.6. The Bertz CT molecular complexity index is 537. The van der Waals surface area contributed by atoms with E-state index in [9.17, 15) is 13.2 Å². The van der Waals surface area contributed by atoms with E-state index in [-0.39, 0.29) is 5.69 Å². The monoisotopic (exact) mass is 349 g/mol. The SMILES string of the molecule is FC(F)(F)c1ccc(Br)cc1NCCc1cccs1. The van der Waals surface area contributed by atoms with Crippen molar-refractivity contribution in [3.05, 3.63) is 50.6 Å². The highest BCUT2D eigenvalue weighted by molar-refractivity contribution is 9.10. The van der Waals surface area contributed by atoms with Gasteiger partial charge in [0.2, 0.25) is 0 Å². The van der Waals surface area contributed by atoms with Crippen LogP contribution >= 0.6 is 27.3 Å². The van der Waals surface area contributed by atoms with Gasteiger partial charge in [-0.2, -0.15) is 13.2 Å². The fourth-order valence-electron chi connectivity index (χ4n) is 1.69. The van der Waals surface area contributed by atoms with Crippen LogP contribution in [-0.4, -0.2) is 6.54 Å². The molecule has 0 amide bonds. The molecule has 2 rings (SSSR count). The number of benzene rings is 1. The molecule has 1 heterocycles. The van der Waals surface area contributed by atoms with Crippen molar-refractivity contribution in [2.75, 3.05) is 11.9 Å². The zero-order valence-electron chi connectivity index (χ0n) is 9.80. The highest BCUT2D eigenvalue weighted by Crippen LogP contribution is 2.36. The summed E-state index contributed by atoms with van der Waals surface area (Å²) in [6, 6.07) is 7.83. The molecule has 0 saturated carbocycles. The number of alkyl halides is 3. The van der Waals surface area contributed by atoms with Crippen LogP contribution in [0.3, 0.4) is 0 Å². The van der Waals surface area contributed by atoms with Gasteiger partial charge in [0.25, 0.3) is 0 Å². The number of anilines is 1. The van der Waals surface area contributed by atoms with Gasteiger partial charge in [-0.3, -0.25) is 0 Å². The van der Waals surface area contributed by atoms with Crippen molar-refractivity contribution in [1.82, 2.24) is 0 Å². The molecule has 0 bridgehead atoms. The molecule has 0 spiro atoms. The Balaban J connectivity index is 2.08. The quantitative estimate of drug-likeness (QED) is 0.801. The molecule has 1 nitrogen and oxygen atoms in total. The van der Waals surface area contributed by atoms with Gasteiger partial charge in [0.1, 0.15) is 0 Å². The van der Waals surface area contributed by atoms with Crippen LogP contribution in [0.15, 0.2) is 40.2 Å². The Hall–Kier alpha value is -1.01. The zero-order chi connectivity index (χ0) is 13.9. The van der Waals surface area contributed by atoms with Crippen LogP contribution in [0.1, 0.15) is 10.4 Å². The van der Waals surface area contributed by atoms with Gasteiger partial charge in [-0.05, 0) is 36.1 Å². The number of hydrogen-bond donors (Lipinski definition) is 1. The molecule has 0 fully saturated rings. The molecule has 0 saturated heterocycles. The topological polar surface area (TPSA) is 12.0 Å². The summed E-state index contributed by atoms with van der Waals surface area (Å²) in [5.41, 5.74) is -0.527. The molecule has 2 aromatic rings. The summed E-state index contributed by atoms with van der Waals surface area (Å²) in [5.74, 6) is 0. The average molecular weight is 350 g/mol. The van der Waals surface area contributed by atoms with Crippen molar-refractivity contribution >= 4 is 33.0 Å². The summed E-state index contributed by atoms with van der Waals surface area (Å²) in [5, 5.41) is 4.81. The number of hydrogen-bond acceptors (Lipinski definition) is 2. The zero-order valence-corrected chi connectivity index (χ0v) is 12.2. The van der Waals surface area contributed by atoms with Crippen molar-refractivity contribution in [2.45, 2.75) is 12.6 Å². The first-order chi connectivity index (χ1) is 8.97. The minimum absolute atomic E-state index is 0.110. The van der Waals surface area contributed by atoms with Gasteiger partial charge in [-0.15, -0.1) is 11.3 Å². The van der Waals surface area contributed by atoms with Crippen LogP contribution in [0.4, 0.5) is 18.9 Å². The highest BCUT2D eigenvalue weighted by Gasteiger charge is 2.33. The summed E-state index contributed by atoms with van der Waals surface area (Å²) in [6.45, 7) is 0.472. The average Bonchev–Trinajstić information content (AvgIpc) is 2.80. The molecule has 1 aromatic heterocycles. The Morgan fingerprint density at radius 3 is 2.63 bits per heavy atom. The van der Waals surface area contributed by atoms with Crippen molar-refractivity contribution in [3.8, 4) is 0 Å². The molecule has 0 aliphatic heterocycles. The van der Waals surface area contributed by atoms with Crippen LogP contribution in [0, 0.1) is 0 Å². The molecule has 0 aliphatic carbocycles. The van der Waals surface area contributed by atoms with Crippen LogP contribution in [0.25, 0.3) is 0 Å². The molecule has 0 unspecified atom stereocenters. The van der Waals surface area contributed by atoms with Crippen molar-refractivity contribution in [3.63, 3.8) is 0 Å². The Morgan fingerprint density at radius 1 is 1.21 bits per heavy atom. The Labute approximate surface area is 121 Å². The molecule has 6 heteroatoms. The van der Waals surface area contributed by atoms with Crippen molar-refractivity contribution in [2.24, 2.45) is 0 Å².